The fourth-order valence-corrected chi connectivity index (χ4v) is 4.85. The maximum absolute atomic E-state index is 13.7. The minimum absolute atomic E-state index is 0.000767. The first-order valence-electron chi connectivity index (χ1n) is 12.5. The number of aromatic nitrogens is 3. The number of morpholine rings is 1. The lowest BCUT2D eigenvalue weighted by Gasteiger charge is -2.35. The van der Waals surface area contributed by atoms with Crippen LogP contribution in [-0.2, 0) is 23.6 Å². The highest BCUT2D eigenvalue weighted by atomic mass is 19.4. The highest BCUT2D eigenvalue weighted by Crippen LogP contribution is 2.36. The molecular weight excluding hydrogens is 536 g/mol. The van der Waals surface area contributed by atoms with E-state index in [1.807, 2.05) is 13.8 Å². The van der Waals surface area contributed by atoms with E-state index in [1.54, 1.807) is 12.1 Å². The van der Waals surface area contributed by atoms with Crippen LogP contribution in [0.2, 0.25) is 0 Å². The Morgan fingerprint density at radius 3 is 2.25 bits per heavy atom. The van der Waals surface area contributed by atoms with E-state index in [0.29, 0.717) is 42.1 Å². The number of hydrogen-bond donors (Lipinski definition) is 1. The van der Waals surface area contributed by atoms with Crippen molar-refractivity contribution in [3.05, 3.63) is 77.6 Å². The summed E-state index contributed by atoms with van der Waals surface area (Å²) in [4.78, 5) is 15.2. The van der Waals surface area contributed by atoms with Crippen molar-refractivity contribution in [1.82, 2.24) is 19.9 Å². The molecule has 1 saturated heterocycles. The van der Waals surface area contributed by atoms with Gasteiger partial charge in [0.05, 0.1) is 40.4 Å². The minimum Gasteiger partial charge on any atom is -0.373 e. The molecule has 1 aromatic carbocycles. The molecule has 3 aromatic heterocycles. The first-order valence-corrected chi connectivity index (χ1v) is 12.5. The minimum atomic E-state index is -4.63. The summed E-state index contributed by atoms with van der Waals surface area (Å²) in [6, 6.07) is 11.5. The Morgan fingerprint density at radius 2 is 1.60 bits per heavy atom. The number of nitrogens with one attached hydrogen (secondary N) is 1. The smallest absolute Gasteiger partial charge is 0.373 e. The van der Waals surface area contributed by atoms with Gasteiger partial charge in [-0.15, -0.1) is 0 Å². The van der Waals surface area contributed by atoms with Crippen molar-refractivity contribution in [1.29, 1.82) is 0 Å². The lowest BCUT2D eigenvalue weighted by atomic mass is 10.1. The Labute approximate surface area is 226 Å². The number of nitrogens with zero attached hydrogens (tertiary/aromatic N) is 4. The van der Waals surface area contributed by atoms with Crippen LogP contribution in [0.3, 0.4) is 0 Å². The van der Waals surface area contributed by atoms with Crippen molar-refractivity contribution < 1.29 is 31.1 Å². The number of ether oxygens (including phenoxy) is 1. The average Bonchev–Trinajstić information content (AvgIpc) is 2.87. The second-order valence-corrected chi connectivity index (χ2v) is 9.78. The number of alkyl halides is 6. The maximum atomic E-state index is 13.7. The molecule has 12 heteroatoms. The third-order valence-corrected chi connectivity index (χ3v) is 6.45. The SMILES string of the molecule is C[C@@H]1CN(Cc2cc(Nc3ccc(C(F)(F)F)cc3)c3ccc(-c4ncccc4C(F)(F)F)nc3n2)C[C@H](C)O1. The van der Waals surface area contributed by atoms with Gasteiger partial charge in [0.1, 0.15) is 5.69 Å². The summed E-state index contributed by atoms with van der Waals surface area (Å²) in [6.45, 7) is 5.66. The fourth-order valence-electron chi connectivity index (χ4n) is 4.85. The first kappa shape index (κ1) is 27.8. The highest BCUT2D eigenvalue weighted by molar-refractivity contribution is 5.92. The molecular formula is C28H25F6N5O. The second-order valence-electron chi connectivity index (χ2n) is 9.78. The molecule has 0 aliphatic carbocycles. The lowest BCUT2D eigenvalue weighted by molar-refractivity contribution is -0.138. The molecule has 0 radical (unpaired) electrons. The van der Waals surface area contributed by atoms with Crippen molar-refractivity contribution in [3.63, 3.8) is 0 Å². The monoisotopic (exact) mass is 561 g/mol. The summed E-state index contributed by atoms with van der Waals surface area (Å²) in [7, 11) is 0. The van der Waals surface area contributed by atoms with Crippen molar-refractivity contribution in [2.45, 2.75) is 45.0 Å². The van der Waals surface area contributed by atoms with Crippen LogP contribution in [0.25, 0.3) is 22.4 Å². The molecule has 40 heavy (non-hydrogen) atoms. The quantitative estimate of drug-likeness (QED) is 0.263. The Morgan fingerprint density at radius 1 is 0.900 bits per heavy atom. The molecule has 4 heterocycles. The van der Waals surface area contributed by atoms with E-state index < -0.39 is 23.5 Å². The van der Waals surface area contributed by atoms with Gasteiger partial charge < -0.3 is 10.1 Å². The van der Waals surface area contributed by atoms with Crippen molar-refractivity contribution >= 4 is 22.4 Å². The van der Waals surface area contributed by atoms with Gasteiger partial charge in [0.25, 0.3) is 0 Å². The summed E-state index contributed by atoms with van der Waals surface area (Å²) >= 11 is 0. The van der Waals surface area contributed by atoms with E-state index in [2.05, 4.69) is 25.2 Å². The third-order valence-electron chi connectivity index (χ3n) is 6.45. The summed E-state index contributed by atoms with van der Waals surface area (Å²) < 4.78 is 85.9. The number of benzene rings is 1. The van der Waals surface area contributed by atoms with Crippen LogP contribution in [0.15, 0.2) is 60.8 Å². The molecule has 1 fully saturated rings. The van der Waals surface area contributed by atoms with Crippen molar-refractivity contribution in [2.75, 3.05) is 18.4 Å². The predicted molar refractivity (Wildman–Crippen MR) is 138 cm³/mol. The zero-order valence-corrected chi connectivity index (χ0v) is 21.5. The Kier molecular flexibility index (Phi) is 7.40. The molecule has 1 aliphatic rings. The molecule has 4 aromatic rings. The number of rotatable bonds is 5. The molecule has 1 N–H and O–H groups in total. The van der Waals surface area contributed by atoms with Gasteiger partial charge in [-0.05, 0) is 68.4 Å². The predicted octanol–water partition coefficient (Wildman–Crippen LogP) is 7.08. The van der Waals surface area contributed by atoms with E-state index in [4.69, 9.17) is 4.74 Å². The third kappa shape index (κ3) is 6.18. The van der Waals surface area contributed by atoms with Gasteiger partial charge in [0.2, 0.25) is 0 Å². The van der Waals surface area contributed by atoms with Gasteiger partial charge in [0.15, 0.2) is 5.65 Å². The van der Waals surface area contributed by atoms with E-state index >= 15 is 0 Å². The van der Waals surface area contributed by atoms with Crippen LogP contribution < -0.4 is 5.32 Å². The molecule has 5 rings (SSSR count). The molecule has 1 aliphatic heterocycles. The normalized spacial score (nSPS) is 18.7. The lowest BCUT2D eigenvalue weighted by Crippen LogP contribution is -2.44. The molecule has 210 valence electrons. The van der Waals surface area contributed by atoms with Crippen molar-refractivity contribution in [3.8, 4) is 11.4 Å². The van der Waals surface area contributed by atoms with Crippen LogP contribution in [0.5, 0.6) is 0 Å². The molecule has 2 atom stereocenters. The summed E-state index contributed by atoms with van der Waals surface area (Å²) in [5, 5.41) is 3.62. The highest BCUT2D eigenvalue weighted by Gasteiger charge is 2.35. The van der Waals surface area contributed by atoms with Gasteiger partial charge in [-0.25, -0.2) is 9.97 Å². The number of anilines is 2. The topological polar surface area (TPSA) is 63.2 Å². The van der Waals surface area contributed by atoms with Crippen molar-refractivity contribution in [2.24, 2.45) is 0 Å². The summed E-state index contributed by atoms with van der Waals surface area (Å²) in [5.74, 6) is 0. The number of halogens is 6. The van der Waals surface area contributed by atoms with Crippen LogP contribution in [0.1, 0.15) is 30.7 Å². The summed E-state index contributed by atoms with van der Waals surface area (Å²) in [5.41, 5.74) is -0.356. The molecule has 0 unspecified atom stereocenters. The van der Waals surface area contributed by atoms with Crippen LogP contribution in [0.4, 0.5) is 37.7 Å². The number of fused-ring (bicyclic) bond motifs is 1. The standard InChI is InChI=1S/C28H25F6N5O/c1-16-13-39(14-17(2)40-16)15-20-12-24(36-19-7-5-18(6-8-19)27(29,30)31)21-9-10-23(38-26(21)37-20)25-22(28(32,33)34)4-3-11-35-25/h3-12,16-17H,13-15H2,1-2H3,(H,36,37,38)/t16-,17+. The largest absolute Gasteiger partial charge is 0.418 e. The van der Waals surface area contributed by atoms with Crippen LogP contribution >= 0.6 is 0 Å². The van der Waals surface area contributed by atoms with Gasteiger partial charge in [-0.2, -0.15) is 26.3 Å². The van der Waals surface area contributed by atoms with E-state index in [9.17, 15) is 26.3 Å². The Bertz CT molecular complexity index is 1500. The molecule has 6 nitrogen and oxygen atoms in total. The maximum Gasteiger partial charge on any atom is 0.418 e. The number of hydrogen-bond acceptors (Lipinski definition) is 6. The molecule has 0 spiro atoms. The Hall–Kier alpha value is -3.77. The van der Waals surface area contributed by atoms with Crippen LogP contribution in [-0.4, -0.2) is 45.1 Å². The number of pyridine rings is 3. The van der Waals surface area contributed by atoms with E-state index in [1.165, 1.54) is 30.5 Å². The van der Waals surface area contributed by atoms with Crippen LogP contribution in [0, 0.1) is 0 Å². The molecule has 0 bridgehead atoms. The fraction of sp³-hybridized carbons (Fsp3) is 0.321. The van der Waals surface area contributed by atoms with Gasteiger partial charge in [0, 0.05) is 36.9 Å². The molecule has 0 saturated carbocycles. The van der Waals surface area contributed by atoms with Gasteiger partial charge in [-0.1, -0.05) is 0 Å². The first-order chi connectivity index (χ1) is 18.9. The Balaban J connectivity index is 1.57. The van der Waals surface area contributed by atoms with E-state index in [-0.39, 0.29) is 29.2 Å². The second kappa shape index (κ2) is 10.7. The van der Waals surface area contributed by atoms with Gasteiger partial charge >= 0.3 is 12.4 Å². The zero-order chi connectivity index (χ0) is 28.7. The molecule has 0 amide bonds. The zero-order valence-electron chi connectivity index (χ0n) is 21.5. The summed E-state index contributed by atoms with van der Waals surface area (Å²) in [6.07, 6.45) is -7.83. The van der Waals surface area contributed by atoms with E-state index in [0.717, 1.165) is 18.2 Å². The van der Waals surface area contributed by atoms with Gasteiger partial charge in [-0.3, -0.25) is 9.88 Å². The average molecular weight is 562 g/mol.